The van der Waals surface area contributed by atoms with Gasteiger partial charge in [0.25, 0.3) is 6.71 Å². The average molecular weight is 676 g/mol. The van der Waals surface area contributed by atoms with E-state index in [1.165, 1.54) is 72.3 Å². The second-order valence-electron chi connectivity index (χ2n) is 21.1. The molecule has 1 aromatic heterocycles. The zero-order chi connectivity index (χ0) is 37.0. The molecule has 0 atom stereocenters. The molecule has 0 saturated carbocycles. The zero-order valence-corrected chi connectivity index (χ0v) is 34.0. The van der Waals surface area contributed by atoms with Gasteiger partial charge in [-0.3, -0.25) is 0 Å². The maximum Gasteiger partial charge on any atom is 0.293 e. The number of anilines is 3. The molecule has 51 heavy (non-hydrogen) atoms. The van der Waals surface area contributed by atoms with Crippen molar-refractivity contribution < 1.29 is 4.42 Å². The van der Waals surface area contributed by atoms with E-state index < -0.39 is 0 Å². The van der Waals surface area contributed by atoms with Gasteiger partial charge < -0.3 is 9.32 Å². The molecule has 0 amide bonds. The predicted octanol–water partition coefficient (Wildman–Crippen LogP) is 11.2. The first-order valence-corrected chi connectivity index (χ1v) is 19.3. The number of para-hydroxylation sites is 1. The lowest BCUT2D eigenvalue weighted by molar-refractivity contribution is 0.403. The molecule has 0 fully saturated rings. The molecule has 3 heterocycles. The number of furan rings is 1. The standard InChI is InChI=1S/C48H58BNO/c1-43(2,3)28-22-29(44(4,5)6)24-30(23-28)50-38-21-17-19-32-39(38)49(42-40(50)31-18-16-20-33(41(31)51-42)45(7,8)9)37-26-35-34(25-36(37)48(32,14)15)46(10,11)27-47(35,12)13/h16-26H,27H2,1-15H3. The van der Waals surface area contributed by atoms with Crippen LogP contribution >= 0.6 is 0 Å². The van der Waals surface area contributed by atoms with Gasteiger partial charge in [-0.05, 0) is 96.6 Å². The summed E-state index contributed by atoms with van der Waals surface area (Å²) in [5, 5.41) is 1.20. The number of hydrogen-bond donors (Lipinski definition) is 0. The Bertz CT molecular complexity index is 2240. The second kappa shape index (κ2) is 10.2. The molecule has 1 aliphatic carbocycles. The molecule has 0 bridgehead atoms. The van der Waals surface area contributed by atoms with Crippen molar-refractivity contribution in [1.29, 1.82) is 0 Å². The molecule has 4 aromatic carbocycles. The van der Waals surface area contributed by atoms with Crippen LogP contribution in [0.15, 0.2) is 71.1 Å². The van der Waals surface area contributed by atoms with Gasteiger partial charge in [0.1, 0.15) is 5.58 Å². The lowest BCUT2D eigenvalue weighted by Gasteiger charge is -2.44. The van der Waals surface area contributed by atoms with E-state index in [0.717, 1.165) is 17.7 Å². The first-order valence-electron chi connectivity index (χ1n) is 19.3. The van der Waals surface area contributed by atoms with Gasteiger partial charge in [-0.2, -0.15) is 0 Å². The lowest BCUT2D eigenvalue weighted by atomic mass is 9.31. The summed E-state index contributed by atoms with van der Waals surface area (Å²) in [4.78, 5) is 2.58. The Morgan fingerprint density at radius 2 is 1.22 bits per heavy atom. The van der Waals surface area contributed by atoms with Crippen LogP contribution in [0.4, 0.5) is 17.1 Å². The molecule has 0 saturated heterocycles. The SMILES string of the molecule is CC(C)(C)c1cc(N2c3cccc4c3B(c3cc5c(cc3C4(C)C)C(C)(C)CC5(C)C)c3oc4c(C(C)(C)C)cccc4c32)cc(C(C)(C)C)c1. The molecule has 3 heteroatoms. The minimum absolute atomic E-state index is 0.00314. The van der Waals surface area contributed by atoms with Gasteiger partial charge in [0.05, 0.1) is 11.3 Å². The largest absolute Gasteiger partial charge is 0.468 e. The fraction of sp³-hybridized carbons (Fsp3) is 0.458. The minimum atomic E-state index is -0.176. The first-order chi connectivity index (χ1) is 23.4. The summed E-state index contributed by atoms with van der Waals surface area (Å²) in [6.07, 6.45) is 1.15. The quantitative estimate of drug-likeness (QED) is 0.161. The van der Waals surface area contributed by atoms with E-state index >= 15 is 0 Å². The summed E-state index contributed by atoms with van der Waals surface area (Å²) in [5.41, 5.74) is 18.4. The summed E-state index contributed by atoms with van der Waals surface area (Å²) < 4.78 is 7.44. The van der Waals surface area contributed by atoms with Gasteiger partial charge in [0.15, 0.2) is 0 Å². The van der Waals surface area contributed by atoms with Crippen molar-refractivity contribution in [2.24, 2.45) is 0 Å². The third-order valence-electron chi connectivity index (χ3n) is 12.7. The minimum Gasteiger partial charge on any atom is -0.468 e. The molecule has 2 nitrogen and oxygen atoms in total. The van der Waals surface area contributed by atoms with Crippen molar-refractivity contribution in [1.82, 2.24) is 0 Å². The normalized spacial score (nSPS) is 18.4. The maximum atomic E-state index is 7.44. The Kier molecular flexibility index (Phi) is 6.90. The molecule has 3 aliphatic rings. The highest BCUT2D eigenvalue weighted by atomic mass is 16.3. The van der Waals surface area contributed by atoms with Crippen LogP contribution in [-0.2, 0) is 32.5 Å². The van der Waals surface area contributed by atoms with Gasteiger partial charge in [-0.25, -0.2) is 0 Å². The van der Waals surface area contributed by atoms with Gasteiger partial charge in [0.2, 0.25) is 0 Å². The van der Waals surface area contributed by atoms with Crippen molar-refractivity contribution >= 4 is 51.3 Å². The first kappa shape index (κ1) is 34.4. The molecule has 0 spiro atoms. The third kappa shape index (κ3) is 4.89. The summed E-state index contributed by atoms with van der Waals surface area (Å²) in [5.74, 6) is 0. The van der Waals surface area contributed by atoms with E-state index in [-0.39, 0.29) is 39.2 Å². The van der Waals surface area contributed by atoms with E-state index in [9.17, 15) is 0 Å². The van der Waals surface area contributed by atoms with Crippen LogP contribution in [0.2, 0.25) is 0 Å². The predicted molar refractivity (Wildman–Crippen MR) is 221 cm³/mol. The third-order valence-corrected chi connectivity index (χ3v) is 12.7. The van der Waals surface area contributed by atoms with Crippen LogP contribution in [0, 0.1) is 0 Å². The Hall–Kier alpha value is -3.72. The molecule has 2 aliphatic heterocycles. The van der Waals surface area contributed by atoms with Crippen molar-refractivity contribution in [2.75, 3.05) is 4.90 Å². The van der Waals surface area contributed by atoms with E-state index in [0.29, 0.717) is 0 Å². The average Bonchev–Trinajstić information content (AvgIpc) is 3.47. The Labute approximate surface area is 308 Å². The number of benzene rings is 4. The topological polar surface area (TPSA) is 16.4 Å². The van der Waals surface area contributed by atoms with Crippen LogP contribution in [-0.4, -0.2) is 6.71 Å². The van der Waals surface area contributed by atoms with E-state index in [4.69, 9.17) is 4.42 Å². The van der Waals surface area contributed by atoms with Gasteiger partial charge in [-0.15, -0.1) is 0 Å². The zero-order valence-electron chi connectivity index (χ0n) is 34.0. The van der Waals surface area contributed by atoms with Crippen LogP contribution in [0.5, 0.6) is 0 Å². The van der Waals surface area contributed by atoms with Crippen LogP contribution in [0.1, 0.15) is 149 Å². The fourth-order valence-corrected chi connectivity index (χ4v) is 10.1. The Morgan fingerprint density at radius 3 is 1.80 bits per heavy atom. The van der Waals surface area contributed by atoms with E-state index in [2.05, 4.69) is 175 Å². The smallest absolute Gasteiger partial charge is 0.293 e. The maximum absolute atomic E-state index is 7.44. The Morgan fingerprint density at radius 1 is 0.627 bits per heavy atom. The van der Waals surface area contributed by atoms with Crippen LogP contribution < -0.4 is 21.5 Å². The van der Waals surface area contributed by atoms with E-state index in [1.54, 1.807) is 0 Å². The Balaban J connectivity index is 1.53. The summed E-state index contributed by atoms with van der Waals surface area (Å²) >= 11 is 0. The van der Waals surface area contributed by atoms with Crippen molar-refractivity contribution in [3.05, 3.63) is 106 Å². The summed E-state index contributed by atoms with van der Waals surface area (Å²) in [7, 11) is 0. The van der Waals surface area contributed by atoms with Crippen molar-refractivity contribution in [3.63, 3.8) is 0 Å². The molecule has 0 unspecified atom stereocenters. The lowest BCUT2D eigenvalue weighted by Crippen LogP contribution is -2.64. The molecule has 5 aromatic rings. The van der Waals surface area contributed by atoms with Crippen LogP contribution in [0.3, 0.4) is 0 Å². The second-order valence-corrected chi connectivity index (χ2v) is 21.1. The number of nitrogens with zero attached hydrogens (tertiary/aromatic N) is 1. The number of fused-ring (bicyclic) bond motifs is 7. The molecule has 8 rings (SSSR count). The van der Waals surface area contributed by atoms with Gasteiger partial charge in [-0.1, -0.05) is 152 Å². The summed E-state index contributed by atoms with van der Waals surface area (Å²) in [6.45, 7) is 35.6. The highest BCUT2D eigenvalue weighted by Gasteiger charge is 2.51. The molecule has 0 radical (unpaired) electrons. The van der Waals surface area contributed by atoms with Crippen molar-refractivity contribution in [3.8, 4) is 0 Å². The van der Waals surface area contributed by atoms with Crippen molar-refractivity contribution in [2.45, 2.75) is 143 Å². The summed E-state index contributed by atoms with van der Waals surface area (Å²) in [6, 6.07) is 26.4. The number of rotatable bonds is 1. The van der Waals surface area contributed by atoms with Gasteiger partial charge >= 0.3 is 0 Å². The highest BCUT2D eigenvalue weighted by Crippen LogP contribution is 2.52. The van der Waals surface area contributed by atoms with Gasteiger partial charge in [0, 0.05) is 27.7 Å². The monoisotopic (exact) mass is 675 g/mol. The molecule has 264 valence electrons. The molecular weight excluding hydrogens is 617 g/mol. The molecule has 0 N–H and O–H groups in total. The molecular formula is C48H58BNO. The van der Waals surface area contributed by atoms with E-state index in [1.807, 2.05) is 0 Å². The number of hydrogen-bond acceptors (Lipinski definition) is 2. The fourth-order valence-electron chi connectivity index (χ4n) is 10.1. The van der Waals surface area contributed by atoms with Crippen LogP contribution in [0.25, 0.3) is 11.0 Å². The highest BCUT2D eigenvalue weighted by molar-refractivity contribution is 6.98.